The number of benzene rings is 2. The third kappa shape index (κ3) is 4.65. The molecular weight excluding hydrogens is 392 g/mol. The molecule has 3 rings (SSSR count). The maximum absolute atomic E-state index is 12.9. The first-order valence-electron chi connectivity index (χ1n) is 9.03. The Balaban J connectivity index is 2.11. The van der Waals surface area contributed by atoms with Crippen LogP contribution in [0.2, 0.25) is 0 Å². The zero-order chi connectivity index (χ0) is 21.0. The van der Waals surface area contributed by atoms with E-state index in [1.54, 1.807) is 29.7 Å². The number of hydrogen-bond acceptors (Lipinski definition) is 6. The first-order chi connectivity index (χ1) is 13.9. The Kier molecular flexibility index (Phi) is 6.33. The third-order valence-corrected chi connectivity index (χ3v) is 5.27. The average Bonchev–Trinajstić information content (AvgIpc) is 3.03. The summed E-state index contributed by atoms with van der Waals surface area (Å²) in [5, 5.41) is 0. The second kappa shape index (κ2) is 8.91. The number of aromatic nitrogens is 1. The van der Waals surface area contributed by atoms with Gasteiger partial charge in [0, 0.05) is 11.6 Å². The van der Waals surface area contributed by atoms with Gasteiger partial charge >= 0.3 is 5.97 Å². The van der Waals surface area contributed by atoms with Crippen LogP contribution in [0.5, 0.6) is 11.5 Å². The first kappa shape index (κ1) is 20.6. The maximum Gasteiger partial charge on any atom is 0.326 e. The minimum absolute atomic E-state index is 0.0234. The molecule has 152 valence electrons. The number of ether oxygens (including phenoxy) is 3. The van der Waals surface area contributed by atoms with Crippen molar-refractivity contribution >= 4 is 33.4 Å². The van der Waals surface area contributed by atoms with Crippen molar-refractivity contribution in [2.45, 2.75) is 20.4 Å². The lowest BCUT2D eigenvalue weighted by Crippen LogP contribution is -2.23. The molecule has 3 aromatic rings. The summed E-state index contributed by atoms with van der Waals surface area (Å²) in [6.07, 6.45) is 0. The van der Waals surface area contributed by atoms with Gasteiger partial charge in [-0.15, -0.1) is 0 Å². The van der Waals surface area contributed by atoms with E-state index >= 15 is 0 Å². The Bertz CT molecular complexity index is 1110. The molecule has 0 atom stereocenters. The van der Waals surface area contributed by atoms with Gasteiger partial charge in [0.2, 0.25) is 0 Å². The molecule has 0 aliphatic carbocycles. The van der Waals surface area contributed by atoms with Crippen molar-refractivity contribution in [2.24, 2.45) is 4.99 Å². The Morgan fingerprint density at radius 1 is 1.07 bits per heavy atom. The summed E-state index contributed by atoms with van der Waals surface area (Å²) in [7, 11) is 3.03. The summed E-state index contributed by atoms with van der Waals surface area (Å²) in [5.41, 5.74) is 2.23. The molecule has 0 aliphatic heterocycles. The molecule has 0 saturated carbocycles. The Morgan fingerprint density at radius 3 is 2.38 bits per heavy atom. The van der Waals surface area contributed by atoms with E-state index in [2.05, 4.69) is 4.99 Å². The summed E-state index contributed by atoms with van der Waals surface area (Å²) >= 11 is 1.35. The molecule has 0 saturated heterocycles. The number of amides is 1. The van der Waals surface area contributed by atoms with Crippen LogP contribution >= 0.6 is 11.3 Å². The van der Waals surface area contributed by atoms with E-state index in [-0.39, 0.29) is 19.1 Å². The first-order valence-corrected chi connectivity index (χ1v) is 9.84. The van der Waals surface area contributed by atoms with Crippen LogP contribution in [0, 0.1) is 6.92 Å². The van der Waals surface area contributed by atoms with Crippen molar-refractivity contribution in [3.05, 3.63) is 52.3 Å². The summed E-state index contributed by atoms with van der Waals surface area (Å²) in [5.74, 6) is 0.149. The monoisotopic (exact) mass is 414 g/mol. The molecule has 1 aromatic heterocycles. The van der Waals surface area contributed by atoms with E-state index in [4.69, 9.17) is 14.2 Å². The highest BCUT2D eigenvalue weighted by Gasteiger charge is 2.14. The minimum atomic E-state index is -0.455. The van der Waals surface area contributed by atoms with Gasteiger partial charge in [-0.05, 0) is 43.7 Å². The van der Waals surface area contributed by atoms with Crippen LogP contribution in [0.1, 0.15) is 22.8 Å². The molecule has 0 bridgehead atoms. The number of methoxy groups -OCH3 is 2. The van der Waals surface area contributed by atoms with Gasteiger partial charge in [0.1, 0.15) is 18.0 Å². The van der Waals surface area contributed by atoms with E-state index in [0.29, 0.717) is 21.9 Å². The number of carbonyl (C=O) groups is 2. The smallest absolute Gasteiger partial charge is 0.326 e. The van der Waals surface area contributed by atoms with Gasteiger partial charge in [0.25, 0.3) is 5.91 Å². The molecule has 0 spiro atoms. The molecule has 2 aromatic carbocycles. The fourth-order valence-electron chi connectivity index (χ4n) is 2.84. The molecule has 8 heteroatoms. The van der Waals surface area contributed by atoms with Gasteiger partial charge in [-0.3, -0.25) is 9.59 Å². The SMILES string of the molecule is CCOC(=O)Cn1c(=NC(=O)c2cc(OC)cc(OC)c2)sc2cc(C)ccc21. The topological polar surface area (TPSA) is 79.1 Å². The second-order valence-corrected chi connectivity index (χ2v) is 7.27. The van der Waals surface area contributed by atoms with Crippen molar-refractivity contribution in [1.82, 2.24) is 4.57 Å². The lowest BCUT2D eigenvalue weighted by Gasteiger charge is -2.07. The van der Waals surface area contributed by atoms with Crippen LogP contribution in [0.3, 0.4) is 0 Å². The maximum atomic E-state index is 12.9. The standard InChI is InChI=1S/C21H22N2O5S/c1-5-28-19(24)12-23-17-7-6-13(2)8-18(17)29-21(23)22-20(25)14-9-15(26-3)11-16(10-14)27-4/h6-11H,5,12H2,1-4H3. The van der Waals surface area contributed by atoms with E-state index in [9.17, 15) is 9.59 Å². The molecule has 7 nitrogen and oxygen atoms in total. The van der Waals surface area contributed by atoms with E-state index in [1.165, 1.54) is 25.6 Å². The quantitative estimate of drug-likeness (QED) is 0.578. The number of rotatable bonds is 6. The largest absolute Gasteiger partial charge is 0.497 e. The van der Waals surface area contributed by atoms with Crippen molar-refractivity contribution in [2.75, 3.05) is 20.8 Å². The van der Waals surface area contributed by atoms with Crippen LogP contribution in [-0.2, 0) is 16.1 Å². The number of esters is 1. The van der Waals surface area contributed by atoms with Crippen molar-refractivity contribution in [3.63, 3.8) is 0 Å². The Labute approximate surface area is 172 Å². The molecule has 0 unspecified atom stereocenters. The molecule has 0 aliphatic rings. The number of carbonyl (C=O) groups excluding carboxylic acids is 2. The van der Waals surface area contributed by atoms with Crippen molar-refractivity contribution in [1.29, 1.82) is 0 Å². The molecule has 1 amide bonds. The van der Waals surface area contributed by atoms with Gasteiger partial charge in [-0.2, -0.15) is 4.99 Å². The average molecular weight is 414 g/mol. The van der Waals surface area contributed by atoms with Crippen LogP contribution < -0.4 is 14.3 Å². The van der Waals surface area contributed by atoms with Gasteiger partial charge in [0.05, 0.1) is 31.0 Å². The molecule has 0 fully saturated rings. The number of nitrogens with zero attached hydrogens (tertiary/aromatic N) is 2. The highest BCUT2D eigenvalue weighted by atomic mass is 32.1. The number of hydrogen-bond donors (Lipinski definition) is 0. The lowest BCUT2D eigenvalue weighted by atomic mass is 10.2. The minimum Gasteiger partial charge on any atom is -0.497 e. The van der Waals surface area contributed by atoms with E-state index in [0.717, 1.165) is 15.8 Å². The van der Waals surface area contributed by atoms with Crippen molar-refractivity contribution in [3.8, 4) is 11.5 Å². The van der Waals surface area contributed by atoms with Gasteiger partial charge < -0.3 is 18.8 Å². The Morgan fingerprint density at radius 2 is 1.76 bits per heavy atom. The zero-order valence-electron chi connectivity index (χ0n) is 16.7. The van der Waals surface area contributed by atoms with Crippen molar-refractivity contribution < 1.29 is 23.8 Å². The van der Waals surface area contributed by atoms with E-state index < -0.39 is 5.91 Å². The number of thiazole rings is 1. The van der Waals surface area contributed by atoms with Gasteiger partial charge in [-0.25, -0.2) is 0 Å². The number of aryl methyl sites for hydroxylation is 1. The molecule has 1 heterocycles. The predicted octanol–water partition coefficient (Wildman–Crippen LogP) is 3.33. The highest BCUT2D eigenvalue weighted by molar-refractivity contribution is 7.16. The Hall–Kier alpha value is -3.13. The van der Waals surface area contributed by atoms with Crippen LogP contribution in [0.4, 0.5) is 0 Å². The van der Waals surface area contributed by atoms with Crippen LogP contribution in [0.25, 0.3) is 10.2 Å². The summed E-state index contributed by atoms with van der Waals surface area (Å²) in [6, 6.07) is 10.7. The number of fused-ring (bicyclic) bond motifs is 1. The van der Waals surface area contributed by atoms with Gasteiger partial charge in [0.15, 0.2) is 4.80 Å². The summed E-state index contributed by atoms with van der Waals surface area (Å²) in [6.45, 7) is 4.00. The second-order valence-electron chi connectivity index (χ2n) is 6.27. The molecule has 0 N–H and O–H groups in total. The summed E-state index contributed by atoms with van der Waals surface area (Å²) < 4.78 is 18.2. The van der Waals surface area contributed by atoms with Crippen LogP contribution in [-0.4, -0.2) is 37.3 Å². The fraction of sp³-hybridized carbons (Fsp3) is 0.286. The zero-order valence-corrected chi connectivity index (χ0v) is 17.5. The third-order valence-electron chi connectivity index (χ3n) is 4.23. The van der Waals surface area contributed by atoms with Crippen LogP contribution in [0.15, 0.2) is 41.4 Å². The van der Waals surface area contributed by atoms with Gasteiger partial charge in [-0.1, -0.05) is 17.4 Å². The summed E-state index contributed by atoms with van der Waals surface area (Å²) in [4.78, 5) is 29.7. The molecular formula is C21H22N2O5S. The molecule has 0 radical (unpaired) electrons. The highest BCUT2D eigenvalue weighted by Crippen LogP contribution is 2.23. The normalized spacial score (nSPS) is 11.5. The molecule has 29 heavy (non-hydrogen) atoms. The predicted molar refractivity (Wildman–Crippen MR) is 111 cm³/mol. The fourth-order valence-corrected chi connectivity index (χ4v) is 3.96. The lowest BCUT2D eigenvalue weighted by molar-refractivity contribution is -0.143. The van der Waals surface area contributed by atoms with E-state index in [1.807, 2.05) is 25.1 Å².